The van der Waals surface area contributed by atoms with Gasteiger partial charge < -0.3 is 25.8 Å². The molecule has 0 amide bonds. The molecule has 4 atom stereocenters. The van der Waals surface area contributed by atoms with E-state index in [-0.39, 0.29) is 5.82 Å². The van der Waals surface area contributed by atoms with Gasteiger partial charge in [0.15, 0.2) is 11.5 Å². The Morgan fingerprint density at radius 3 is 2.82 bits per heavy atom. The minimum Gasteiger partial charge on any atom is -0.394 e. The summed E-state index contributed by atoms with van der Waals surface area (Å²) in [6.07, 6.45) is -0.907. The summed E-state index contributed by atoms with van der Waals surface area (Å²) in [5.41, 5.74) is 5.74. The van der Waals surface area contributed by atoms with E-state index in [2.05, 4.69) is 15.0 Å². The molecule has 28 heavy (non-hydrogen) atoms. The van der Waals surface area contributed by atoms with Crippen LogP contribution in [0.4, 0.5) is 5.82 Å². The molecule has 1 aromatic carbocycles. The standard InChI is InChI=1S/C18H17N5O4S/c19-16-13-17(21-7-20-16)23(8-22-13)18(15(26)14(25)11(5-24)27-18)10-6-28-12-4-2-1-3-9(10)12/h1-4,6-8,11,14-15,24-26H,5H2,(H2,19,20,21)/t11-,14-,15-,18-/m1/s1. The van der Waals surface area contributed by atoms with Crippen LogP contribution in [0.5, 0.6) is 0 Å². The van der Waals surface area contributed by atoms with Gasteiger partial charge in [-0.3, -0.25) is 4.57 Å². The summed E-state index contributed by atoms with van der Waals surface area (Å²) >= 11 is 1.49. The van der Waals surface area contributed by atoms with E-state index >= 15 is 0 Å². The van der Waals surface area contributed by atoms with E-state index in [0.717, 1.165) is 10.1 Å². The molecule has 5 rings (SSSR count). The van der Waals surface area contributed by atoms with Gasteiger partial charge in [0.2, 0.25) is 5.72 Å². The predicted octanol–water partition coefficient (Wildman–Crippen LogP) is 0.437. The van der Waals surface area contributed by atoms with Gasteiger partial charge >= 0.3 is 0 Å². The average Bonchev–Trinajstić information content (AvgIpc) is 3.39. The van der Waals surface area contributed by atoms with E-state index in [1.165, 1.54) is 24.0 Å². The second-order valence-electron chi connectivity index (χ2n) is 6.66. The minimum atomic E-state index is -1.54. The normalized spacial score (nSPS) is 27.8. The largest absolute Gasteiger partial charge is 0.394 e. The molecule has 1 aliphatic heterocycles. The van der Waals surface area contributed by atoms with E-state index in [0.29, 0.717) is 16.7 Å². The molecule has 1 saturated heterocycles. The maximum absolute atomic E-state index is 11.1. The number of nitrogens with two attached hydrogens (primary N) is 1. The van der Waals surface area contributed by atoms with Crippen molar-refractivity contribution in [3.8, 4) is 0 Å². The van der Waals surface area contributed by atoms with E-state index in [1.807, 2.05) is 29.6 Å². The summed E-state index contributed by atoms with van der Waals surface area (Å²) in [6.45, 7) is -0.453. The summed E-state index contributed by atoms with van der Waals surface area (Å²) in [6, 6.07) is 7.69. The van der Waals surface area contributed by atoms with Crippen LogP contribution in [-0.2, 0) is 10.5 Å². The molecule has 1 aliphatic rings. The van der Waals surface area contributed by atoms with Crippen molar-refractivity contribution < 1.29 is 20.1 Å². The van der Waals surface area contributed by atoms with Crippen LogP contribution in [0.25, 0.3) is 21.3 Å². The summed E-state index contributed by atoms with van der Waals surface area (Å²) in [4.78, 5) is 12.5. The molecule has 0 aliphatic carbocycles. The number of benzene rings is 1. The minimum absolute atomic E-state index is 0.195. The summed E-state index contributed by atoms with van der Waals surface area (Å²) in [5, 5.41) is 34.1. The predicted molar refractivity (Wildman–Crippen MR) is 103 cm³/mol. The Hall–Kier alpha value is -2.63. The highest BCUT2D eigenvalue weighted by Gasteiger charge is 2.58. The molecule has 144 valence electrons. The lowest BCUT2D eigenvalue weighted by atomic mass is 9.94. The third-order valence-electron chi connectivity index (χ3n) is 5.20. The van der Waals surface area contributed by atoms with Gasteiger partial charge in [-0.25, -0.2) is 15.0 Å². The van der Waals surface area contributed by atoms with E-state index in [1.54, 1.807) is 4.57 Å². The molecule has 0 spiro atoms. The first-order chi connectivity index (χ1) is 13.6. The maximum Gasteiger partial charge on any atom is 0.204 e. The lowest BCUT2D eigenvalue weighted by Gasteiger charge is -2.33. The number of thiophene rings is 1. The number of anilines is 1. The zero-order chi connectivity index (χ0) is 19.5. The van der Waals surface area contributed by atoms with Gasteiger partial charge in [0.1, 0.15) is 30.2 Å². The first-order valence-corrected chi connectivity index (χ1v) is 9.51. The van der Waals surface area contributed by atoms with Gasteiger partial charge in [-0.1, -0.05) is 18.2 Å². The Kier molecular flexibility index (Phi) is 3.86. The number of hydrogen-bond donors (Lipinski definition) is 4. The number of aliphatic hydroxyl groups is 3. The number of ether oxygens (including phenoxy) is 1. The van der Waals surface area contributed by atoms with E-state index in [4.69, 9.17) is 10.5 Å². The molecule has 0 bridgehead atoms. The van der Waals surface area contributed by atoms with Gasteiger partial charge in [0.05, 0.1) is 12.9 Å². The summed E-state index contributed by atoms with van der Waals surface area (Å²) in [5.74, 6) is 0.195. The molecule has 9 nitrogen and oxygen atoms in total. The Balaban J connectivity index is 1.85. The van der Waals surface area contributed by atoms with Crippen molar-refractivity contribution in [3.05, 3.63) is 47.9 Å². The number of aromatic nitrogens is 4. The zero-order valence-electron chi connectivity index (χ0n) is 14.5. The van der Waals surface area contributed by atoms with Gasteiger partial charge in [-0.2, -0.15) is 0 Å². The smallest absolute Gasteiger partial charge is 0.204 e. The highest BCUT2D eigenvalue weighted by Crippen LogP contribution is 2.46. The summed E-state index contributed by atoms with van der Waals surface area (Å²) < 4.78 is 8.69. The van der Waals surface area contributed by atoms with Crippen LogP contribution >= 0.6 is 11.3 Å². The third kappa shape index (κ3) is 2.17. The number of fused-ring (bicyclic) bond motifs is 2. The van der Waals surface area contributed by atoms with Gasteiger partial charge in [-0.05, 0) is 6.07 Å². The quantitative estimate of drug-likeness (QED) is 0.389. The molecule has 5 N–H and O–H groups in total. The molecule has 0 radical (unpaired) electrons. The maximum atomic E-state index is 11.1. The molecule has 1 fully saturated rings. The van der Waals surface area contributed by atoms with Crippen molar-refractivity contribution in [3.63, 3.8) is 0 Å². The van der Waals surface area contributed by atoms with Crippen molar-refractivity contribution in [2.24, 2.45) is 0 Å². The molecule has 0 saturated carbocycles. The fraction of sp³-hybridized carbons (Fsp3) is 0.278. The Bertz CT molecular complexity index is 1180. The van der Waals surface area contributed by atoms with Crippen LogP contribution in [0, 0.1) is 0 Å². The van der Waals surface area contributed by atoms with Crippen LogP contribution in [-0.4, -0.2) is 59.8 Å². The number of nitrogen functional groups attached to an aromatic ring is 1. The molecular formula is C18H17N5O4S. The first-order valence-electron chi connectivity index (χ1n) is 8.63. The molecular weight excluding hydrogens is 382 g/mol. The number of aliphatic hydroxyl groups excluding tert-OH is 3. The number of hydrogen-bond acceptors (Lipinski definition) is 9. The highest BCUT2D eigenvalue weighted by atomic mass is 32.1. The lowest BCUT2D eigenvalue weighted by Crippen LogP contribution is -2.46. The highest BCUT2D eigenvalue weighted by molar-refractivity contribution is 7.17. The van der Waals surface area contributed by atoms with Gasteiger partial charge in [-0.15, -0.1) is 11.3 Å². The second-order valence-corrected chi connectivity index (χ2v) is 7.57. The van der Waals surface area contributed by atoms with E-state index < -0.39 is 30.6 Å². The van der Waals surface area contributed by atoms with Crippen LogP contribution in [0.2, 0.25) is 0 Å². The van der Waals surface area contributed by atoms with Crippen molar-refractivity contribution in [1.82, 2.24) is 19.5 Å². The van der Waals surface area contributed by atoms with E-state index in [9.17, 15) is 15.3 Å². The number of rotatable bonds is 3. The SMILES string of the molecule is Nc1ncnc2c1ncn2[C@]1(c2csc3ccccc23)O[C@H](CO)[C@@H](O)[C@H]1O. The number of imidazole rings is 1. The van der Waals surface area contributed by atoms with Crippen molar-refractivity contribution in [2.45, 2.75) is 24.0 Å². The van der Waals surface area contributed by atoms with Gasteiger partial charge in [0.25, 0.3) is 0 Å². The topological polar surface area (TPSA) is 140 Å². The molecule has 4 aromatic rings. The molecule has 10 heteroatoms. The summed E-state index contributed by atoms with van der Waals surface area (Å²) in [7, 11) is 0. The Morgan fingerprint density at radius 1 is 1.21 bits per heavy atom. The van der Waals surface area contributed by atoms with Gasteiger partial charge in [0, 0.05) is 21.0 Å². The Morgan fingerprint density at radius 2 is 2.04 bits per heavy atom. The van der Waals surface area contributed by atoms with Crippen molar-refractivity contribution in [1.29, 1.82) is 0 Å². The van der Waals surface area contributed by atoms with Crippen LogP contribution < -0.4 is 5.73 Å². The Labute approximate surface area is 162 Å². The molecule has 4 heterocycles. The third-order valence-corrected chi connectivity index (χ3v) is 6.17. The molecule has 3 aromatic heterocycles. The average molecular weight is 399 g/mol. The fourth-order valence-electron chi connectivity index (χ4n) is 3.85. The first kappa shape index (κ1) is 17.5. The fourth-order valence-corrected chi connectivity index (χ4v) is 4.86. The van der Waals surface area contributed by atoms with Crippen LogP contribution in [0.3, 0.4) is 0 Å². The van der Waals surface area contributed by atoms with Crippen molar-refractivity contribution >= 4 is 38.4 Å². The molecule has 0 unspecified atom stereocenters. The zero-order valence-corrected chi connectivity index (χ0v) is 15.3. The van der Waals surface area contributed by atoms with Crippen LogP contribution in [0.15, 0.2) is 42.3 Å². The van der Waals surface area contributed by atoms with Crippen LogP contribution in [0.1, 0.15) is 5.56 Å². The second kappa shape index (κ2) is 6.19. The van der Waals surface area contributed by atoms with Crippen molar-refractivity contribution in [2.75, 3.05) is 12.3 Å². The lowest BCUT2D eigenvalue weighted by molar-refractivity contribution is -0.114. The monoisotopic (exact) mass is 399 g/mol. The number of nitrogens with zero attached hydrogens (tertiary/aromatic N) is 4.